The molecular weight excluding hydrogens is 330 g/mol. The lowest BCUT2D eigenvalue weighted by molar-refractivity contribution is 0.126. The Morgan fingerprint density at radius 2 is 2.08 bits per heavy atom. The van der Waals surface area contributed by atoms with E-state index in [1.807, 2.05) is 6.07 Å². The number of benzene rings is 1. The molecule has 132 valence electrons. The molecule has 0 amide bonds. The number of ether oxygens (including phenoxy) is 1. The van der Waals surface area contributed by atoms with Crippen LogP contribution in [-0.2, 0) is 6.54 Å². The maximum absolute atomic E-state index is 8.78. The zero-order valence-corrected chi connectivity index (χ0v) is 15.5. The van der Waals surface area contributed by atoms with Crippen LogP contribution in [0.25, 0.3) is 0 Å². The van der Waals surface area contributed by atoms with Gasteiger partial charge in [0.25, 0.3) is 0 Å². The number of thiophene rings is 1. The zero-order valence-electron chi connectivity index (χ0n) is 14.7. The quantitative estimate of drug-likeness (QED) is 0.830. The number of nitrogens with zero attached hydrogens (tertiary/aromatic N) is 1. The van der Waals surface area contributed by atoms with Gasteiger partial charge in [-0.1, -0.05) is 29.5 Å². The summed E-state index contributed by atoms with van der Waals surface area (Å²) in [6.07, 6.45) is 2.46. The minimum Gasteiger partial charge on any atom is -0.493 e. The number of hydrogen-bond donors (Lipinski definition) is 1. The van der Waals surface area contributed by atoms with Gasteiger partial charge in [0.1, 0.15) is 12.4 Å². The van der Waals surface area contributed by atoms with Gasteiger partial charge >= 0.3 is 0 Å². The maximum Gasteiger partial charge on any atom is 0.119 e. The van der Waals surface area contributed by atoms with Gasteiger partial charge in [-0.15, -0.1) is 11.3 Å². The molecule has 3 rings (SSSR count). The van der Waals surface area contributed by atoms with E-state index in [1.165, 1.54) is 23.3 Å². The third-order valence-electron chi connectivity index (χ3n) is 4.44. The van der Waals surface area contributed by atoms with Crippen LogP contribution in [0.2, 0.25) is 0 Å². The molecule has 0 saturated carbocycles. The highest BCUT2D eigenvalue weighted by Gasteiger charge is 2.21. The van der Waals surface area contributed by atoms with Crippen molar-refractivity contribution < 1.29 is 9.84 Å². The maximum atomic E-state index is 8.78. The van der Waals surface area contributed by atoms with Gasteiger partial charge in [0.2, 0.25) is 0 Å². The summed E-state index contributed by atoms with van der Waals surface area (Å²) in [5, 5.41) is 8.78. The molecular formula is C21H25NO2S. The normalized spacial score (nSPS) is 17.8. The van der Waals surface area contributed by atoms with E-state index in [0.29, 0.717) is 5.92 Å². The van der Waals surface area contributed by atoms with Crippen LogP contribution in [-0.4, -0.2) is 36.3 Å². The lowest BCUT2D eigenvalue weighted by Gasteiger charge is -2.32. The number of hydrogen-bond acceptors (Lipinski definition) is 4. The van der Waals surface area contributed by atoms with Crippen LogP contribution in [0.3, 0.4) is 0 Å². The van der Waals surface area contributed by atoms with Crippen molar-refractivity contribution in [3.8, 4) is 17.6 Å². The molecule has 0 bridgehead atoms. The molecule has 1 fully saturated rings. The summed E-state index contributed by atoms with van der Waals surface area (Å²) in [5.41, 5.74) is 1.26. The monoisotopic (exact) mass is 355 g/mol. The Bertz CT molecular complexity index is 726. The van der Waals surface area contributed by atoms with Gasteiger partial charge in [0.15, 0.2) is 0 Å². The molecule has 3 nitrogen and oxygen atoms in total. The molecule has 1 saturated heterocycles. The van der Waals surface area contributed by atoms with Crippen molar-refractivity contribution in [1.82, 2.24) is 4.90 Å². The Balaban J connectivity index is 1.49. The zero-order chi connectivity index (χ0) is 17.5. The molecule has 4 heteroatoms. The van der Waals surface area contributed by atoms with Crippen molar-refractivity contribution in [3.63, 3.8) is 0 Å². The average molecular weight is 356 g/mol. The molecule has 0 radical (unpaired) electrons. The fraction of sp³-hybridized carbons (Fsp3) is 0.429. The smallest absolute Gasteiger partial charge is 0.119 e. The second kappa shape index (κ2) is 9.05. The van der Waals surface area contributed by atoms with Crippen molar-refractivity contribution in [2.75, 3.05) is 26.3 Å². The first-order valence-corrected chi connectivity index (χ1v) is 9.65. The van der Waals surface area contributed by atoms with Gasteiger partial charge < -0.3 is 9.84 Å². The second-order valence-corrected chi connectivity index (χ2v) is 7.76. The van der Waals surface area contributed by atoms with Gasteiger partial charge in [-0.05, 0) is 50.6 Å². The summed E-state index contributed by atoms with van der Waals surface area (Å²) >= 11 is 1.72. The largest absolute Gasteiger partial charge is 0.493 e. The van der Waals surface area contributed by atoms with Gasteiger partial charge in [0.05, 0.1) is 11.5 Å². The summed E-state index contributed by atoms with van der Waals surface area (Å²) in [6, 6.07) is 12.5. The molecule has 1 aliphatic heterocycles. The summed E-state index contributed by atoms with van der Waals surface area (Å²) in [4.78, 5) is 4.88. The fourth-order valence-electron chi connectivity index (χ4n) is 3.16. The van der Waals surface area contributed by atoms with E-state index < -0.39 is 0 Å². The molecule has 1 atom stereocenters. The molecule has 0 unspecified atom stereocenters. The molecule has 25 heavy (non-hydrogen) atoms. The highest BCUT2D eigenvalue weighted by Crippen LogP contribution is 2.23. The van der Waals surface area contributed by atoms with Crippen molar-refractivity contribution in [2.24, 2.45) is 5.92 Å². The Hall–Kier alpha value is -1.80. The highest BCUT2D eigenvalue weighted by atomic mass is 32.1. The average Bonchev–Trinajstić information content (AvgIpc) is 3.07. The standard InChI is InChI=1S/C21H25NO2S/c1-17-6-8-19(9-7-17)24-16-18-4-2-12-22(14-18)15-21-11-10-20(25-21)5-3-13-23/h6-11,18,23H,2,4,12-16H2,1H3/t18-/m1/s1. The molecule has 2 aromatic rings. The van der Waals surface area contributed by atoms with Crippen LogP contribution in [0.15, 0.2) is 36.4 Å². The van der Waals surface area contributed by atoms with Crippen LogP contribution in [0.4, 0.5) is 0 Å². The minimum atomic E-state index is -0.0813. The molecule has 0 spiro atoms. The van der Waals surface area contributed by atoms with E-state index in [0.717, 1.165) is 36.9 Å². The van der Waals surface area contributed by atoms with Gasteiger partial charge in [-0.3, -0.25) is 4.90 Å². The first-order chi connectivity index (χ1) is 12.2. The molecule has 1 aromatic carbocycles. The number of likely N-dealkylation sites (tertiary alicyclic amines) is 1. The van der Waals surface area contributed by atoms with E-state index in [1.54, 1.807) is 11.3 Å². The van der Waals surface area contributed by atoms with Crippen LogP contribution in [0.5, 0.6) is 5.75 Å². The van der Waals surface area contributed by atoms with Gasteiger partial charge in [-0.2, -0.15) is 0 Å². The number of rotatable bonds is 5. The minimum absolute atomic E-state index is 0.0813. The van der Waals surface area contributed by atoms with Crippen molar-refractivity contribution >= 4 is 11.3 Å². The topological polar surface area (TPSA) is 32.7 Å². The predicted octanol–water partition coefficient (Wildman–Crippen LogP) is 3.69. The van der Waals surface area contributed by atoms with Crippen molar-refractivity contribution in [3.05, 3.63) is 51.7 Å². The summed E-state index contributed by atoms with van der Waals surface area (Å²) in [6.45, 7) is 6.01. The Kier molecular flexibility index (Phi) is 6.52. The van der Waals surface area contributed by atoms with E-state index in [9.17, 15) is 0 Å². The van der Waals surface area contributed by atoms with Crippen molar-refractivity contribution in [2.45, 2.75) is 26.3 Å². The van der Waals surface area contributed by atoms with E-state index in [-0.39, 0.29) is 6.61 Å². The summed E-state index contributed by atoms with van der Waals surface area (Å²) in [7, 11) is 0. The molecule has 2 heterocycles. The second-order valence-electron chi connectivity index (χ2n) is 6.59. The Labute approximate surface area is 154 Å². The molecule has 1 aromatic heterocycles. The van der Waals surface area contributed by atoms with Crippen LogP contribution in [0, 0.1) is 24.7 Å². The first-order valence-electron chi connectivity index (χ1n) is 8.83. The van der Waals surface area contributed by atoms with E-state index >= 15 is 0 Å². The van der Waals surface area contributed by atoms with Crippen LogP contribution < -0.4 is 4.74 Å². The Morgan fingerprint density at radius 1 is 1.24 bits per heavy atom. The molecule has 0 aliphatic carbocycles. The number of aliphatic hydroxyl groups is 1. The lowest BCUT2D eigenvalue weighted by atomic mass is 9.99. The van der Waals surface area contributed by atoms with Crippen molar-refractivity contribution in [1.29, 1.82) is 0 Å². The summed E-state index contributed by atoms with van der Waals surface area (Å²) in [5.74, 6) is 7.25. The van der Waals surface area contributed by atoms with Crippen LogP contribution in [0.1, 0.15) is 28.2 Å². The highest BCUT2D eigenvalue weighted by molar-refractivity contribution is 7.12. The molecule has 1 N–H and O–H groups in total. The van der Waals surface area contributed by atoms with E-state index in [2.05, 4.69) is 54.0 Å². The fourth-order valence-corrected chi connectivity index (χ4v) is 4.08. The number of piperidine rings is 1. The van der Waals surface area contributed by atoms with Crippen LogP contribution >= 0.6 is 11.3 Å². The lowest BCUT2D eigenvalue weighted by Crippen LogP contribution is -2.37. The number of aliphatic hydroxyl groups excluding tert-OH is 1. The predicted molar refractivity (Wildman–Crippen MR) is 103 cm³/mol. The third kappa shape index (κ3) is 5.61. The third-order valence-corrected chi connectivity index (χ3v) is 5.43. The van der Waals surface area contributed by atoms with Gasteiger partial charge in [-0.25, -0.2) is 0 Å². The van der Waals surface area contributed by atoms with Gasteiger partial charge in [0, 0.05) is 23.9 Å². The summed E-state index contributed by atoms with van der Waals surface area (Å²) < 4.78 is 5.98. The molecule has 1 aliphatic rings. The Morgan fingerprint density at radius 3 is 2.88 bits per heavy atom. The number of aryl methyl sites for hydroxylation is 1. The first kappa shape index (κ1) is 18.0. The SMILES string of the molecule is Cc1ccc(OC[C@@H]2CCCN(Cc3ccc(C#CCO)s3)C2)cc1. The van der Waals surface area contributed by atoms with E-state index in [4.69, 9.17) is 9.84 Å².